The molecule has 1 heterocycles. The maximum absolute atomic E-state index is 13.4. The van der Waals surface area contributed by atoms with Crippen molar-refractivity contribution in [1.82, 2.24) is 9.62 Å². The van der Waals surface area contributed by atoms with Gasteiger partial charge in [-0.25, -0.2) is 12.8 Å². The van der Waals surface area contributed by atoms with Crippen LogP contribution in [0.25, 0.3) is 0 Å². The maximum atomic E-state index is 13.4. The molecule has 1 saturated heterocycles. The Labute approximate surface area is 188 Å². The summed E-state index contributed by atoms with van der Waals surface area (Å²) in [6, 6.07) is 10.2. The number of nitrogens with zero attached hydrogens (tertiary/aromatic N) is 1. The van der Waals surface area contributed by atoms with E-state index in [4.69, 9.17) is 0 Å². The van der Waals surface area contributed by atoms with Gasteiger partial charge in [0.1, 0.15) is 5.82 Å². The van der Waals surface area contributed by atoms with Gasteiger partial charge in [-0.3, -0.25) is 9.59 Å². The van der Waals surface area contributed by atoms with Crippen molar-refractivity contribution in [2.45, 2.75) is 50.5 Å². The molecule has 1 atom stereocenters. The van der Waals surface area contributed by atoms with Gasteiger partial charge in [-0.15, -0.1) is 0 Å². The van der Waals surface area contributed by atoms with E-state index in [-0.39, 0.29) is 12.6 Å². The van der Waals surface area contributed by atoms with Crippen molar-refractivity contribution in [2.75, 3.05) is 18.4 Å². The quantitative estimate of drug-likeness (QED) is 0.646. The Morgan fingerprint density at radius 3 is 2.50 bits per heavy atom. The van der Waals surface area contributed by atoms with Gasteiger partial charge in [0.2, 0.25) is 10.0 Å². The predicted molar refractivity (Wildman–Crippen MR) is 120 cm³/mol. The molecule has 1 aliphatic rings. The number of piperidine rings is 1. The summed E-state index contributed by atoms with van der Waals surface area (Å²) in [5, 5.41) is 4.95. The number of halogens is 1. The van der Waals surface area contributed by atoms with E-state index in [9.17, 15) is 22.4 Å². The molecule has 1 fully saturated rings. The van der Waals surface area contributed by atoms with Crippen LogP contribution in [0.3, 0.4) is 0 Å². The minimum Gasteiger partial charge on any atom is -0.348 e. The molecule has 2 aromatic carbocycles. The third kappa shape index (κ3) is 5.72. The molecule has 0 unspecified atom stereocenters. The highest BCUT2D eigenvalue weighted by atomic mass is 32.2. The van der Waals surface area contributed by atoms with E-state index in [0.29, 0.717) is 35.5 Å². The lowest BCUT2D eigenvalue weighted by atomic mass is 10.0. The molecular weight excluding hydrogens is 433 g/mol. The molecule has 1 aliphatic heterocycles. The molecule has 0 aromatic heterocycles. The Morgan fingerprint density at radius 1 is 1.06 bits per heavy atom. The van der Waals surface area contributed by atoms with E-state index in [2.05, 4.69) is 10.6 Å². The standard InChI is InChI=1S/C23H28FN3O4S/c1-16-6-7-17(2)21(15-16)32(30,31)27-14-4-3-5-20(27)12-13-25-22(28)23(29)26-19-10-8-18(24)9-11-19/h6-11,15,20H,3-5,12-14H2,1-2H3,(H,25,28)(H,26,29)/t20-/m1/s1. The first-order valence-corrected chi connectivity index (χ1v) is 12.1. The van der Waals surface area contributed by atoms with Crippen LogP contribution in [-0.2, 0) is 19.6 Å². The van der Waals surface area contributed by atoms with Crippen LogP contribution < -0.4 is 10.6 Å². The summed E-state index contributed by atoms with van der Waals surface area (Å²) in [7, 11) is -3.66. The summed E-state index contributed by atoms with van der Waals surface area (Å²) in [5.74, 6) is -2.13. The third-order valence-corrected chi connectivity index (χ3v) is 7.67. The molecule has 0 spiro atoms. The molecule has 0 radical (unpaired) electrons. The number of amides is 2. The number of carbonyl (C=O) groups excluding carboxylic acids is 2. The van der Waals surface area contributed by atoms with Crippen molar-refractivity contribution in [2.24, 2.45) is 0 Å². The molecule has 3 rings (SSSR count). The fraction of sp³-hybridized carbons (Fsp3) is 0.391. The average Bonchev–Trinajstić information content (AvgIpc) is 2.77. The number of sulfonamides is 1. The summed E-state index contributed by atoms with van der Waals surface area (Å²) in [6.07, 6.45) is 2.79. The SMILES string of the molecule is Cc1ccc(C)c(S(=O)(=O)N2CCCC[C@@H]2CCNC(=O)C(=O)Nc2ccc(F)cc2)c1. The van der Waals surface area contributed by atoms with Crippen LogP contribution in [0.15, 0.2) is 47.4 Å². The molecule has 32 heavy (non-hydrogen) atoms. The van der Waals surface area contributed by atoms with Crippen LogP contribution in [0.4, 0.5) is 10.1 Å². The van der Waals surface area contributed by atoms with E-state index in [1.54, 1.807) is 19.1 Å². The van der Waals surface area contributed by atoms with E-state index >= 15 is 0 Å². The number of hydrogen-bond donors (Lipinski definition) is 2. The van der Waals surface area contributed by atoms with Crippen molar-refractivity contribution in [3.05, 3.63) is 59.4 Å². The maximum Gasteiger partial charge on any atom is 0.313 e. The molecular formula is C23H28FN3O4S. The van der Waals surface area contributed by atoms with Crippen LogP contribution in [0.1, 0.15) is 36.8 Å². The van der Waals surface area contributed by atoms with E-state index in [1.807, 2.05) is 13.0 Å². The minimum atomic E-state index is -3.66. The second-order valence-electron chi connectivity index (χ2n) is 8.04. The monoisotopic (exact) mass is 461 g/mol. The van der Waals surface area contributed by atoms with Gasteiger partial charge in [-0.05, 0) is 74.6 Å². The molecule has 2 N–H and O–H groups in total. The number of carbonyl (C=O) groups is 2. The number of nitrogens with one attached hydrogen (secondary N) is 2. The van der Waals surface area contributed by atoms with Crippen molar-refractivity contribution in [3.63, 3.8) is 0 Å². The molecule has 0 aliphatic carbocycles. The van der Waals surface area contributed by atoms with Gasteiger partial charge in [0.05, 0.1) is 4.90 Å². The smallest absolute Gasteiger partial charge is 0.313 e. The van der Waals surface area contributed by atoms with Crippen LogP contribution in [0, 0.1) is 19.7 Å². The normalized spacial score (nSPS) is 17.0. The molecule has 2 aromatic rings. The van der Waals surface area contributed by atoms with E-state index in [1.165, 1.54) is 28.6 Å². The number of anilines is 1. The summed E-state index contributed by atoms with van der Waals surface area (Å²) in [5.41, 5.74) is 1.89. The first-order valence-electron chi connectivity index (χ1n) is 10.6. The van der Waals surface area contributed by atoms with Gasteiger partial charge in [-0.1, -0.05) is 18.6 Å². The summed E-state index contributed by atoms with van der Waals surface area (Å²) in [4.78, 5) is 24.5. The number of rotatable bonds is 6. The summed E-state index contributed by atoms with van der Waals surface area (Å²) in [6.45, 7) is 4.24. The highest BCUT2D eigenvalue weighted by molar-refractivity contribution is 7.89. The van der Waals surface area contributed by atoms with Crippen LogP contribution in [0.2, 0.25) is 0 Å². The van der Waals surface area contributed by atoms with Crippen molar-refractivity contribution < 1.29 is 22.4 Å². The lowest BCUT2D eigenvalue weighted by Crippen LogP contribution is -2.46. The van der Waals surface area contributed by atoms with E-state index < -0.39 is 27.7 Å². The first kappa shape index (κ1) is 23.9. The van der Waals surface area contributed by atoms with Gasteiger partial charge in [-0.2, -0.15) is 4.31 Å². The first-order chi connectivity index (χ1) is 15.2. The zero-order chi connectivity index (χ0) is 23.3. The lowest BCUT2D eigenvalue weighted by Gasteiger charge is -2.35. The van der Waals surface area contributed by atoms with Gasteiger partial charge >= 0.3 is 11.8 Å². The van der Waals surface area contributed by atoms with Crippen molar-refractivity contribution >= 4 is 27.5 Å². The van der Waals surface area contributed by atoms with E-state index in [0.717, 1.165) is 18.4 Å². The topological polar surface area (TPSA) is 95.6 Å². The second-order valence-corrected chi connectivity index (χ2v) is 9.90. The molecule has 9 heteroatoms. The van der Waals surface area contributed by atoms with Crippen molar-refractivity contribution in [3.8, 4) is 0 Å². The number of hydrogen-bond acceptors (Lipinski definition) is 4. The van der Waals surface area contributed by atoms with Crippen LogP contribution in [0.5, 0.6) is 0 Å². The zero-order valence-electron chi connectivity index (χ0n) is 18.2. The van der Waals surface area contributed by atoms with Gasteiger partial charge < -0.3 is 10.6 Å². The van der Waals surface area contributed by atoms with Crippen molar-refractivity contribution in [1.29, 1.82) is 0 Å². The Bertz CT molecular complexity index is 1090. The molecule has 172 valence electrons. The predicted octanol–water partition coefficient (Wildman–Crippen LogP) is 3.13. The molecule has 2 amide bonds. The minimum absolute atomic E-state index is 0.166. The molecule has 7 nitrogen and oxygen atoms in total. The third-order valence-electron chi connectivity index (χ3n) is 5.57. The van der Waals surface area contributed by atoms with Gasteiger partial charge in [0.25, 0.3) is 0 Å². The Morgan fingerprint density at radius 2 is 1.78 bits per heavy atom. The zero-order valence-corrected chi connectivity index (χ0v) is 19.0. The highest BCUT2D eigenvalue weighted by Gasteiger charge is 2.34. The Kier molecular flexibility index (Phi) is 7.63. The summed E-state index contributed by atoms with van der Waals surface area (Å²) < 4.78 is 41.2. The lowest BCUT2D eigenvalue weighted by molar-refractivity contribution is -0.136. The van der Waals surface area contributed by atoms with Gasteiger partial charge in [0, 0.05) is 24.8 Å². The molecule has 0 saturated carbocycles. The Hall–Kier alpha value is -2.78. The fourth-order valence-electron chi connectivity index (χ4n) is 3.84. The van der Waals surface area contributed by atoms with Crippen LogP contribution >= 0.6 is 0 Å². The number of benzene rings is 2. The summed E-state index contributed by atoms with van der Waals surface area (Å²) >= 11 is 0. The number of aryl methyl sites for hydroxylation is 2. The second kappa shape index (κ2) is 10.2. The fourth-order valence-corrected chi connectivity index (χ4v) is 5.88. The van der Waals surface area contributed by atoms with Crippen LogP contribution in [-0.4, -0.2) is 43.7 Å². The molecule has 0 bridgehead atoms. The largest absolute Gasteiger partial charge is 0.348 e. The highest BCUT2D eigenvalue weighted by Crippen LogP contribution is 2.29. The van der Waals surface area contributed by atoms with Gasteiger partial charge in [0.15, 0.2) is 0 Å². The average molecular weight is 462 g/mol. The Balaban J connectivity index is 1.60.